The highest BCUT2D eigenvalue weighted by atomic mass is 79.9. The molecular weight excluding hydrogens is 293 g/mol. The van der Waals surface area contributed by atoms with Crippen LogP contribution in [0.1, 0.15) is 18.5 Å². The second-order valence-corrected chi connectivity index (χ2v) is 5.53. The zero-order valence-electron chi connectivity index (χ0n) is 8.45. The zero-order valence-corrected chi connectivity index (χ0v) is 10.8. The van der Waals surface area contributed by atoms with E-state index >= 15 is 0 Å². The molecule has 3 nitrogen and oxygen atoms in total. The van der Waals surface area contributed by atoms with Crippen molar-refractivity contribution in [2.45, 2.75) is 13.0 Å². The number of nitrogens with zero attached hydrogens (tertiary/aromatic N) is 2. The molecular formula is C10H9BrFN3S. The van der Waals surface area contributed by atoms with Crippen molar-refractivity contribution in [2.75, 3.05) is 5.32 Å². The highest BCUT2D eigenvalue weighted by molar-refractivity contribution is 9.11. The summed E-state index contributed by atoms with van der Waals surface area (Å²) in [7, 11) is 0. The van der Waals surface area contributed by atoms with Crippen LogP contribution in [-0.4, -0.2) is 10.2 Å². The van der Waals surface area contributed by atoms with Crippen LogP contribution in [0.3, 0.4) is 0 Å². The molecule has 0 amide bonds. The van der Waals surface area contributed by atoms with Gasteiger partial charge in [0.15, 0.2) is 3.92 Å². The summed E-state index contributed by atoms with van der Waals surface area (Å²) in [5.41, 5.74) is 0.881. The fourth-order valence-corrected chi connectivity index (χ4v) is 2.41. The molecule has 0 aliphatic rings. The highest BCUT2D eigenvalue weighted by Crippen LogP contribution is 2.24. The molecule has 1 heterocycles. The third-order valence-corrected chi connectivity index (χ3v) is 3.38. The third kappa shape index (κ3) is 2.76. The van der Waals surface area contributed by atoms with E-state index in [0.29, 0.717) is 5.13 Å². The topological polar surface area (TPSA) is 37.8 Å². The summed E-state index contributed by atoms with van der Waals surface area (Å²) in [6, 6.07) is 6.50. The van der Waals surface area contributed by atoms with E-state index in [4.69, 9.17) is 0 Å². The maximum Gasteiger partial charge on any atom is 0.206 e. The molecule has 84 valence electrons. The summed E-state index contributed by atoms with van der Waals surface area (Å²) < 4.78 is 13.7. The average Bonchev–Trinajstić information content (AvgIpc) is 2.64. The van der Waals surface area contributed by atoms with E-state index in [-0.39, 0.29) is 11.9 Å². The molecule has 16 heavy (non-hydrogen) atoms. The molecule has 1 atom stereocenters. The Labute approximate surface area is 105 Å². The molecule has 0 spiro atoms. The van der Waals surface area contributed by atoms with Gasteiger partial charge in [0.2, 0.25) is 5.13 Å². The monoisotopic (exact) mass is 301 g/mol. The van der Waals surface area contributed by atoms with Gasteiger partial charge in [-0.05, 0) is 40.5 Å². The first-order valence-electron chi connectivity index (χ1n) is 4.66. The van der Waals surface area contributed by atoms with Crippen molar-refractivity contribution in [1.29, 1.82) is 0 Å². The molecule has 1 aromatic heterocycles. The molecule has 1 unspecified atom stereocenters. The van der Waals surface area contributed by atoms with E-state index in [9.17, 15) is 4.39 Å². The Morgan fingerprint density at radius 1 is 1.44 bits per heavy atom. The van der Waals surface area contributed by atoms with Crippen LogP contribution in [0.2, 0.25) is 0 Å². The van der Waals surface area contributed by atoms with E-state index in [1.807, 2.05) is 13.0 Å². The quantitative estimate of drug-likeness (QED) is 0.941. The van der Waals surface area contributed by atoms with Crippen molar-refractivity contribution in [3.63, 3.8) is 0 Å². The standard InChI is InChI=1S/C10H9BrFN3S/c1-6(7-3-2-4-8(12)5-7)13-10-15-14-9(11)16-10/h2-6H,1H3,(H,13,15). The first-order valence-corrected chi connectivity index (χ1v) is 6.27. The maximum atomic E-state index is 13.0. The summed E-state index contributed by atoms with van der Waals surface area (Å²) in [5.74, 6) is -0.232. The van der Waals surface area contributed by atoms with Crippen LogP contribution in [0.15, 0.2) is 28.2 Å². The Balaban J connectivity index is 2.11. The Morgan fingerprint density at radius 3 is 2.88 bits per heavy atom. The molecule has 2 rings (SSSR count). The number of nitrogens with one attached hydrogen (secondary N) is 1. The van der Waals surface area contributed by atoms with Gasteiger partial charge in [-0.2, -0.15) is 0 Å². The van der Waals surface area contributed by atoms with E-state index in [1.54, 1.807) is 6.07 Å². The number of hydrogen-bond donors (Lipinski definition) is 1. The maximum absolute atomic E-state index is 13.0. The molecule has 0 fully saturated rings. The van der Waals surface area contributed by atoms with Crippen LogP contribution in [0.4, 0.5) is 9.52 Å². The number of hydrogen-bond acceptors (Lipinski definition) is 4. The lowest BCUT2D eigenvalue weighted by atomic mass is 10.1. The van der Waals surface area contributed by atoms with Gasteiger partial charge in [-0.25, -0.2) is 4.39 Å². The van der Waals surface area contributed by atoms with Crippen LogP contribution in [0.25, 0.3) is 0 Å². The Kier molecular flexibility index (Phi) is 3.50. The highest BCUT2D eigenvalue weighted by Gasteiger charge is 2.08. The Bertz CT molecular complexity index is 488. The Hall–Kier alpha value is -1.01. The lowest BCUT2D eigenvalue weighted by Crippen LogP contribution is -2.06. The van der Waals surface area contributed by atoms with Crippen LogP contribution in [0, 0.1) is 5.82 Å². The first-order chi connectivity index (χ1) is 7.65. The molecule has 1 N–H and O–H groups in total. The number of rotatable bonds is 3. The summed E-state index contributed by atoms with van der Waals surface area (Å²) in [5, 5.41) is 11.6. The molecule has 0 bridgehead atoms. The van der Waals surface area contributed by atoms with Crippen LogP contribution >= 0.6 is 27.3 Å². The Morgan fingerprint density at radius 2 is 2.25 bits per heavy atom. The van der Waals surface area contributed by atoms with Gasteiger partial charge < -0.3 is 5.32 Å². The van der Waals surface area contributed by atoms with Crippen LogP contribution in [0.5, 0.6) is 0 Å². The molecule has 2 aromatic rings. The largest absolute Gasteiger partial charge is 0.354 e. The van der Waals surface area contributed by atoms with E-state index < -0.39 is 0 Å². The minimum absolute atomic E-state index is 0.00412. The van der Waals surface area contributed by atoms with Gasteiger partial charge in [-0.1, -0.05) is 23.5 Å². The summed E-state index contributed by atoms with van der Waals surface area (Å²) in [4.78, 5) is 0. The smallest absolute Gasteiger partial charge is 0.206 e. The van der Waals surface area contributed by atoms with Gasteiger partial charge in [0.25, 0.3) is 0 Å². The molecule has 0 radical (unpaired) electrons. The van der Waals surface area contributed by atoms with E-state index in [0.717, 1.165) is 9.48 Å². The van der Waals surface area contributed by atoms with Crippen LogP contribution < -0.4 is 5.32 Å². The van der Waals surface area contributed by atoms with Crippen LogP contribution in [-0.2, 0) is 0 Å². The lowest BCUT2D eigenvalue weighted by molar-refractivity contribution is 0.623. The molecule has 6 heteroatoms. The van der Waals surface area contributed by atoms with Crippen molar-refractivity contribution < 1.29 is 4.39 Å². The number of halogens is 2. The van der Waals surface area contributed by atoms with Gasteiger partial charge in [-0.15, -0.1) is 10.2 Å². The predicted molar refractivity (Wildman–Crippen MR) is 66.0 cm³/mol. The molecule has 0 saturated heterocycles. The minimum Gasteiger partial charge on any atom is -0.354 e. The molecule has 0 aliphatic heterocycles. The van der Waals surface area contributed by atoms with Crippen molar-refractivity contribution in [1.82, 2.24) is 10.2 Å². The van der Waals surface area contributed by atoms with E-state index in [1.165, 1.54) is 23.5 Å². The fourth-order valence-electron chi connectivity index (χ4n) is 1.31. The van der Waals surface area contributed by atoms with Gasteiger partial charge in [0, 0.05) is 0 Å². The van der Waals surface area contributed by atoms with Gasteiger partial charge in [0.1, 0.15) is 5.82 Å². The molecule has 1 aromatic carbocycles. The SMILES string of the molecule is CC(Nc1nnc(Br)s1)c1cccc(F)c1. The summed E-state index contributed by atoms with van der Waals surface area (Å²) >= 11 is 4.64. The van der Waals surface area contributed by atoms with Crippen molar-refractivity contribution in [3.05, 3.63) is 39.6 Å². The lowest BCUT2D eigenvalue weighted by Gasteiger charge is -2.12. The first kappa shape index (κ1) is 11.5. The normalized spacial score (nSPS) is 12.4. The van der Waals surface area contributed by atoms with E-state index in [2.05, 4.69) is 31.4 Å². The third-order valence-electron chi connectivity index (χ3n) is 2.09. The van der Waals surface area contributed by atoms with Crippen molar-refractivity contribution >= 4 is 32.4 Å². The number of aromatic nitrogens is 2. The molecule has 0 saturated carbocycles. The molecule has 0 aliphatic carbocycles. The minimum atomic E-state index is -0.232. The summed E-state index contributed by atoms with van der Waals surface area (Å²) in [6.07, 6.45) is 0. The fraction of sp³-hybridized carbons (Fsp3) is 0.200. The predicted octanol–water partition coefficient (Wildman–Crippen LogP) is 3.61. The zero-order chi connectivity index (χ0) is 11.5. The van der Waals surface area contributed by atoms with Gasteiger partial charge >= 0.3 is 0 Å². The number of benzene rings is 1. The van der Waals surface area contributed by atoms with Crippen molar-refractivity contribution in [3.8, 4) is 0 Å². The van der Waals surface area contributed by atoms with Crippen molar-refractivity contribution in [2.24, 2.45) is 0 Å². The van der Waals surface area contributed by atoms with Gasteiger partial charge in [-0.3, -0.25) is 0 Å². The summed E-state index contributed by atoms with van der Waals surface area (Å²) in [6.45, 7) is 1.95. The second-order valence-electron chi connectivity index (χ2n) is 3.28. The number of anilines is 1. The average molecular weight is 302 g/mol. The van der Waals surface area contributed by atoms with Gasteiger partial charge in [0.05, 0.1) is 6.04 Å². The second kappa shape index (κ2) is 4.88.